The fourth-order valence-corrected chi connectivity index (χ4v) is 3.84. The highest BCUT2D eigenvalue weighted by molar-refractivity contribution is 5.83. The molecule has 0 aromatic heterocycles. The van der Waals surface area contributed by atoms with Gasteiger partial charge in [-0.25, -0.2) is 4.79 Å². The van der Waals surface area contributed by atoms with Crippen LogP contribution in [0.3, 0.4) is 0 Å². The van der Waals surface area contributed by atoms with Crippen LogP contribution in [0.4, 0.5) is 0 Å². The summed E-state index contributed by atoms with van der Waals surface area (Å²) in [6.45, 7) is 6.13. The maximum Gasteiger partial charge on any atom is 0.330 e. The van der Waals surface area contributed by atoms with Gasteiger partial charge in [-0.05, 0) is 30.2 Å². The molecular weight excluding hydrogens is 364 g/mol. The first-order valence-electron chi connectivity index (χ1n) is 10.6. The highest BCUT2D eigenvalue weighted by Gasteiger charge is 2.32. The van der Waals surface area contributed by atoms with Crippen LogP contribution in [0.5, 0.6) is 0 Å². The lowest BCUT2D eigenvalue weighted by Gasteiger charge is -2.33. The van der Waals surface area contributed by atoms with Gasteiger partial charge in [-0.1, -0.05) is 81.5 Å². The van der Waals surface area contributed by atoms with Crippen LogP contribution >= 0.6 is 0 Å². The van der Waals surface area contributed by atoms with Gasteiger partial charge in [0.2, 0.25) is 0 Å². The monoisotopic (exact) mass is 398 g/mol. The third-order valence-electron chi connectivity index (χ3n) is 5.60. The Morgan fingerprint density at radius 2 is 1.83 bits per heavy atom. The molecule has 0 unspecified atom stereocenters. The minimum Gasteiger partial charge on any atom is -0.458 e. The first-order chi connectivity index (χ1) is 13.9. The summed E-state index contributed by atoms with van der Waals surface area (Å²) in [5, 5.41) is 20.7. The van der Waals surface area contributed by atoms with Gasteiger partial charge in [-0.2, -0.15) is 0 Å². The number of ether oxygens (including phenoxy) is 1. The predicted octanol–water partition coefficient (Wildman–Crippen LogP) is 4.54. The number of aliphatic hydroxyl groups excluding tert-OH is 2. The highest BCUT2D eigenvalue weighted by atomic mass is 16.5. The molecule has 1 aliphatic heterocycles. The Morgan fingerprint density at radius 3 is 2.52 bits per heavy atom. The Labute approximate surface area is 174 Å². The number of aliphatic hydroxyl groups is 2. The number of carbonyl (C=O) groups is 1. The summed E-state index contributed by atoms with van der Waals surface area (Å²) in [6, 6.07) is 9.94. The number of benzene rings is 1. The molecule has 1 aromatic carbocycles. The molecular formula is C25H34O4. The minimum absolute atomic E-state index is 0.00461. The molecule has 158 valence electrons. The van der Waals surface area contributed by atoms with Crippen LogP contribution in [0.2, 0.25) is 0 Å². The third kappa shape index (κ3) is 7.64. The zero-order chi connectivity index (χ0) is 21.2. The standard InChI is InChI=1S/C25H34O4/c1-4-21-14-15-24(28)29-25(21)19(3)16-18(2)23(27)17-22(26)13-9-8-12-20-10-6-5-7-11-20/h5-15,18-19,21-23,25-27H,4,16-17H2,1-3H3/t18-,19-,21-,22-,23+,25-/m1/s1. The van der Waals surface area contributed by atoms with Crippen LogP contribution in [0.25, 0.3) is 6.08 Å². The van der Waals surface area contributed by atoms with Gasteiger partial charge in [-0.3, -0.25) is 0 Å². The van der Waals surface area contributed by atoms with Crippen molar-refractivity contribution in [3.63, 3.8) is 0 Å². The molecule has 0 spiro atoms. The molecule has 4 nitrogen and oxygen atoms in total. The van der Waals surface area contributed by atoms with Gasteiger partial charge >= 0.3 is 5.97 Å². The number of hydrogen-bond acceptors (Lipinski definition) is 4. The largest absolute Gasteiger partial charge is 0.458 e. The van der Waals surface area contributed by atoms with Gasteiger partial charge in [-0.15, -0.1) is 0 Å². The second-order valence-electron chi connectivity index (χ2n) is 8.05. The van der Waals surface area contributed by atoms with Crippen LogP contribution in [-0.2, 0) is 9.53 Å². The minimum atomic E-state index is -0.706. The number of esters is 1. The van der Waals surface area contributed by atoms with E-state index in [9.17, 15) is 15.0 Å². The third-order valence-corrected chi connectivity index (χ3v) is 5.60. The molecule has 0 aliphatic carbocycles. The van der Waals surface area contributed by atoms with Crippen molar-refractivity contribution >= 4 is 12.0 Å². The van der Waals surface area contributed by atoms with E-state index >= 15 is 0 Å². The summed E-state index contributed by atoms with van der Waals surface area (Å²) in [5.74, 6) is 0.0656. The molecule has 2 N–H and O–H groups in total. The van der Waals surface area contributed by atoms with Gasteiger partial charge in [0, 0.05) is 18.4 Å². The van der Waals surface area contributed by atoms with Crippen LogP contribution in [0, 0.1) is 17.8 Å². The first kappa shape index (κ1) is 23.1. The molecule has 0 fully saturated rings. The van der Waals surface area contributed by atoms with E-state index in [0.29, 0.717) is 0 Å². The predicted molar refractivity (Wildman–Crippen MR) is 117 cm³/mol. The van der Waals surface area contributed by atoms with Crippen LogP contribution in [0.1, 0.15) is 45.6 Å². The number of allylic oxidation sites excluding steroid dienone is 2. The number of cyclic esters (lactones) is 1. The summed E-state index contributed by atoms with van der Waals surface area (Å²) in [5.41, 5.74) is 1.10. The van der Waals surface area contributed by atoms with Crippen molar-refractivity contribution in [2.75, 3.05) is 0 Å². The Kier molecular flexibility index (Phi) is 9.36. The van der Waals surface area contributed by atoms with E-state index in [2.05, 4.69) is 13.8 Å². The maximum absolute atomic E-state index is 11.6. The molecule has 4 heteroatoms. The van der Waals surface area contributed by atoms with Gasteiger partial charge < -0.3 is 14.9 Å². The number of hydrogen-bond donors (Lipinski definition) is 2. The fraction of sp³-hybridized carbons (Fsp3) is 0.480. The average molecular weight is 399 g/mol. The van der Waals surface area contributed by atoms with Crippen molar-refractivity contribution in [1.82, 2.24) is 0 Å². The van der Waals surface area contributed by atoms with E-state index in [4.69, 9.17) is 4.74 Å². The molecule has 1 aliphatic rings. The lowest BCUT2D eigenvalue weighted by molar-refractivity contribution is -0.150. The molecule has 0 amide bonds. The Hall–Kier alpha value is -2.17. The van der Waals surface area contributed by atoms with Gasteiger partial charge in [0.05, 0.1) is 12.2 Å². The van der Waals surface area contributed by atoms with E-state index < -0.39 is 12.2 Å². The van der Waals surface area contributed by atoms with E-state index in [1.807, 2.05) is 55.5 Å². The van der Waals surface area contributed by atoms with Crippen molar-refractivity contribution in [1.29, 1.82) is 0 Å². The second-order valence-corrected chi connectivity index (χ2v) is 8.05. The molecule has 6 atom stereocenters. The van der Waals surface area contributed by atoms with E-state index in [1.54, 1.807) is 12.2 Å². The van der Waals surface area contributed by atoms with Gasteiger partial charge in [0.1, 0.15) is 6.10 Å². The van der Waals surface area contributed by atoms with Gasteiger partial charge in [0.25, 0.3) is 0 Å². The van der Waals surface area contributed by atoms with Crippen LogP contribution < -0.4 is 0 Å². The van der Waals surface area contributed by atoms with Crippen molar-refractivity contribution in [2.24, 2.45) is 17.8 Å². The summed E-state index contributed by atoms with van der Waals surface area (Å²) in [6.07, 6.45) is 11.2. The summed E-state index contributed by atoms with van der Waals surface area (Å²) >= 11 is 0. The van der Waals surface area contributed by atoms with Crippen molar-refractivity contribution in [2.45, 2.75) is 58.3 Å². The van der Waals surface area contributed by atoms with E-state index in [-0.39, 0.29) is 36.2 Å². The summed E-state index contributed by atoms with van der Waals surface area (Å²) in [7, 11) is 0. The number of carbonyl (C=O) groups excluding carboxylic acids is 1. The first-order valence-corrected chi connectivity index (χ1v) is 10.6. The Bertz CT molecular complexity index is 707. The molecule has 1 heterocycles. The van der Waals surface area contributed by atoms with Crippen molar-refractivity contribution < 1.29 is 19.7 Å². The summed E-state index contributed by atoms with van der Waals surface area (Å²) < 4.78 is 5.54. The van der Waals surface area contributed by atoms with Crippen molar-refractivity contribution in [3.05, 3.63) is 66.3 Å². The molecule has 0 radical (unpaired) electrons. The van der Waals surface area contributed by atoms with Crippen molar-refractivity contribution in [3.8, 4) is 0 Å². The van der Waals surface area contributed by atoms with Gasteiger partial charge in [0.15, 0.2) is 0 Å². The second kappa shape index (κ2) is 11.7. The SMILES string of the molecule is CC[C@@H]1C=CC(=O)O[C@@H]1[C@H](C)C[C@@H](C)[C@@H](O)C[C@H](O)C=CC=Cc1ccccc1. The zero-order valence-electron chi connectivity index (χ0n) is 17.6. The fourth-order valence-electron chi connectivity index (χ4n) is 3.84. The smallest absolute Gasteiger partial charge is 0.330 e. The molecule has 29 heavy (non-hydrogen) atoms. The summed E-state index contributed by atoms with van der Waals surface area (Å²) in [4.78, 5) is 11.6. The average Bonchev–Trinajstić information content (AvgIpc) is 2.71. The van der Waals surface area contributed by atoms with E-state index in [0.717, 1.165) is 18.4 Å². The zero-order valence-corrected chi connectivity index (χ0v) is 17.6. The normalized spacial score (nSPS) is 23.8. The Balaban J connectivity index is 1.80. The van der Waals surface area contributed by atoms with E-state index in [1.165, 1.54) is 6.08 Å². The van der Waals surface area contributed by atoms with Crippen LogP contribution in [0.15, 0.2) is 60.7 Å². The molecule has 0 bridgehead atoms. The molecule has 0 saturated heterocycles. The van der Waals surface area contributed by atoms with Crippen LogP contribution in [-0.4, -0.2) is 34.5 Å². The lowest BCUT2D eigenvalue weighted by Crippen LogP contribution is -2.36. The quantitative estimate of drug-likeness (QED) is 0.449. The maximum atomic E-state index is 11.6. The molecule has 0 saturated carbocycles. The lowest BCUT2D eigenvalue weighted by atomic mass is 9.81. The topological polar surface area (TPSA) is 66.8 Å². The molecule has 2 rings (SSSR count). The highest BCUT2D eigenvalue weighted by Crippen LogP contribution is 2.30. The Morgan fingerprint density at radius 1 is 1.10 bits per heavy atom. The molecule has 1 aromatic rings. The number of rotatable bonds is 10.